The number of ether oxygens (including phenoxy) is 2. The van der Waals surface area contributed by atoms with E-state index in [1.165, 1.54) is 0 Å². The lowest BCUT2D eigenvalue weighted by Gasteiger charge is -2.12. The molecular formula is C10H15NO3. The molecule has 4 heteroatoms. The highest BCUT2D eigenvalue weighted by Gasteiger charge is 2.09. The molecule has 4 nitrogen and oxygen atoms in total. The topological polar surface area (TPSA) is 53.7 Å². The molecule has 0 amide bonds. The van der Waals surface area contributed by atoms with E-state index in [0.29, 0.717) is 24.7 Å². The summed E-state index contributed by atoms with van der Waals surface area (Å²) >= 11 is 0. The van der Waals surface area contributed by atoms with Gasteiger partial charge in [-0.15, -0.1) is 0 Å². The molecule has 2 N–H and O–H groups in total. The normalized spacial score (nSPS) is 9.93. The molecule has 1 aromatic rings. The van der Waals surface area contributed by atoms with Crippen LogP contribution in [0.2, 0.25) is 0 Å². The Labute approximate surface area is 83.5 Å². The lowest BCUT2D eigenvalue weighted by molar-refractivity contribution is 0.121. The Kier molecular flexibility index (Phi) is 4.22. The molecule has 0 spiro atoms. The van der Waals surface area contributed by atoms with Gasteiger partial charge in [0.1, 0.15) is 0 Å². The zero-order valence-electron chi connectivity index (χ0n) is 8.45. The molecule has 0 heterocycles. The summed E-state index contributed by atoms with van der Waals surface area (Å²) in [6, 6.07) is 5.61. The Balaban J connectivity index is 2.98. The van der Waals surface area contributed by atoms with Crippen molar-refractivity contribution >= 4 is 0 Å². The highest BCUT2D eigenvalue weighted by atomic mass is 16.6. The smallest absolute Gasteiger partial charge is 0.166 e. The Morgan fingerprint density at radius 3 is 2.71 bits per heavy atom. The van der Waals surface area contributed by atoms with Crippen LogP contribution in [0.4, 0.5) is 0 Å². The minimum atomic E-state index is 0.310. The van der Waals surface area contributed by atoms with Crippen LogP contribution in [0.5, 0.6) is 11.5 Å². The van der Waals surface area contributed by atoms with Gasteiger partial charge in [-0.3, -0.25) is 4.84 Å². The molecule has 14 heavy (non-hydrogen) atoms. The van der Waals surface area contributed by atoms with E-state index in [1.54, 1.807) is 7.11 Å². The quantitative estimate of drug-likeness (QED) is 0.726. The SMILES string of the molecule is CCOc1cccc(CON)c1OC. The standard InChI is InChI=1S/C10H15NO3/c1-3-13-9-6-4-5-8(7-14-11)10(9)12-2/h4-6H,3,7,11H2,1-2H3. The third-order valence-corrected chi connectivity index (χ3v) is 1.80. The Bertz CT molecular complexity index is 264. The van der Waals surface area contributed by atoms with Crippen LogP contribution in [-0.4, -0.2) is 13.7 Å². The molecule has 0 saturated carbocycles. The van der Waals surface area contributed by atoms with E-state index in [-0.39, 0.29) is 0 Å². The van der Waals surface area contributed by atoms with Gasteiger partial charge in [0.2, 0.25) is 0 Å². The molecule has 0 aliphatic heterocycles. The maximum Gasteiger partial charge on any atom is 0.166 e. The van der Waals surface area contributed by atoms with Crippen molar-refractivity contribution in [2.24, 2.45) is 5.90 Å². The maximum atomic E-state index is 5.39. The van der Waals surface area contributed by atoms with Crippen molar-refractivity contribution < 1.29 is 14.3 Å². The monoisotopic (exact) mass is 197 g/mol. The van der Waals surface area contributed by atoms with E-state index in [9.17, 15) is 0 Å². The van der Waals surface area contributed by atoms with Gasteiger partial charge in [-0.2, -0.15) is 0 Å². The summed E-state index contributed by atoms with van der Waals surface area (Å²) in [5.74, 6) is 6.40. The highest BCUT2D eigenvalue weighted by Crippen LogP contribution is 2.31. The van der Waals surface area contributed by atoms with Crippen LogP contribution in [0.25, 0.3) is 0 Å². The number of para-hydroxylation sites is 1. The van der Waals surface area contributed by atoms with Gasteiger partial charge in [0.15, 0.2) is 11.5 Å². The molecule has 0 unspecified atom stereocenters. The van der Waals surface area contributed by atoms with Crippen LogP contribution >= 0.6 is 0 Å². The molecule has 0 fully saturated rings. The average Bonchev–Trinajstić information content (AvgIpc) is 2.19. The molecule has 0 saturated heterocycles. The van der Waals surface area contributed by atoms with Crippen molar-refractivity contribution in [2.45, 2.75) is 13.5 Å². The summed E-state index contributed by atoms with van der Waals surface area (Å²) < 4.78 is 10.6. The predicted molar refractivity (Wildman–Crippen MR) is 53.1 cm³/mol. The molecule has 0 aliphatic carbocycles. The summed E-state index contributed by atoms with van der Waals surface area (Å²) in [6.07, 6.45) is 0. The van der Waals surface area contributed by atoms with Crippen LogP contribution in [-0.2, 0) is 11.4 Å². The van der Waals surface area contributed by atoms with Gasteiger partial charge in [-0.25, -0.2) is 5.90 Å². The summed E-state index contributed by atoms with van der Waals surface area (Å²) in [7, 11) is 1.60. The van der Waals surface area contributed by atoms with Crippen molar-refractivity contribution in [1.29, 1.82) is 0 Å². The Hall–Kier alpha value is -1.26. The lowest BCUT2D eigenvalue weighted by atomic mass is 10.2. The number of benzene rings is 1. The Morgan fingerprint density at radius 2 is 2.14 bits per heavy atom. The van der Waals surface area contributed by atoms with E-state index >= 15 is 0 Å². The van der Waals surface area contributed by atoms with Gasteiger partial charge in [-0.05, 0) is 13.0 Å². The van der Waals surface area contributed by atoms with Crippen molar-refractivity contribution in [2.75, 3.05) is 13.7 Å². The van der Waals surface area contributed by atoms with E-state index in [4.69, 9.17) is 15.4 Å². The summed E-state index contributed by atoms with van der Waals surface area (Å²) in [6.45, 7) is 2.83. The van der Waals surface area contributed by atoms with Crippen molar-refractivity contribution in [3.63, 3.8) is 0 Å². The van der Waals surface area contributed by atoms with Crippen molar-refractivity contribution in [3.8, 4) is 11.5 Å². The second kappa shape index (κ2) is 5.47. The van der Waals surface area contributed by atoms with Crippen LogP contribution < -0.4 is 15.4 Å². The first-order valence-corrected chi connectivity index (χ1v) is 4.43. The second-order valence-electron chi connectivity index (χ2n) is 2.69. The van der Waals surface area contributed by atoms with Crippen LogP contribution in [0, 0.1) is 0 Å². The first kappa shape index (κ1) is 10.8. The van der Waals surface area contributed by atoms with Gasteiger partial charge in [-0.1, -0.05) is 12.1 Å². The first-order valence-electron chi connectivity index (χ1n) is 4.43. The van der Waals surface area contributed by atoms with Crippen LogP contribution in [0.1, 0.15) is 12.5 Å². The number of hydrogen-bond acceptors (Lipinski definition) is 4. The molecule has 0 atom stereocenters. The molecule has 0 aromatic heterocycles. The second-order valence-corrected chi connectivity index (χ2v) is 2.69. The third-order valence-electron chi connectivity index (χ3n) is 1.80. The summed E-state index contributed by atoms with van der Waals surface area (Å²) in [5, 5.41) is 0. The lowest BCUT2D eigenvalue weighted by Crippen LogP contribution is -2.03. The van der Waals surface area contributed by atoms with Gasteiger partial charge in [0.05, 0.1) is 20.3 Å². The molecule has 78 valence electrons. The van der Waals surface area contributed by atoms with E-state index in [2.05, 4.69) is 4.84 Å². The fourth-order valence-electron chi connectivity index (χ4n) is 1.27. The van der Waals surface area contributed by atoms with Crippen LogP contribution in [0.15, 0.2) is 18.2 Å². The molecular weight excluding hydrogens is 182 g/mol. The number of nitrogens with two attached hydrogens (primary N) is 1. The zero-order valence-corrected chi connectivity index (χ0v) is 8.45. The first-order chi connectivity index (χ1) is 6.83. The molecule has 0 aliphatic rings. The summed E-state index contributed by atoms with van der Waals surface area (Å²) in [4.78, 5) is 4.57. The van der Waals surface area contributed by atoms with Gasteiger partial charge < -0.3 is 9.47 Å². The number of hydrogen-bond donors (Lipinski definition) is 1. The van der Waals surface area contributed by atoms with E-state index in [0.717, 1.165) is 5.56 Å². The number of rotatable bonds is 5. The highest BCUT2D eigenvalue weighted by molar-refractivity contribution is 5.46. The maximum absolute atomic E-state index is 5.39. The molecule has 1 rings (SSSR count). The van der Waals surface area contributed by atoms with Gasteiger partial charge in [0, 0.05) is 5.56 Å². The van der Waals surface area contributed by atoms with E-state index < -0.39 is 0 Å². The fourth-order valence-corrected chi connectivity index (χ4v) is 1.27. The molecule has 0 radical (unpaired) electrons. The summed E-state index contributed by atoms with van der Waals surface area (Å²) in [5.41, 5.74) is 0.876. The zero-order chi connectivity index (χ0) is 10.4. The Morgan fingerprint density at radius 1 is 1.36 bits per heavy atom. The van der Waals surface area contributed by atoms with E-state index in [1.807, 2.05) is 25.1 Å². The largest absolute Gasteiger partial charge is 0.492 e. The average molecular weight is 197 g/mol. The van der Waals surface area contributed by atoms with Crippen molar-refractivity contribution in [3.05, 3.63) is 23.8 Å². The minimum Gasteiger partial charge on any atom is -0.492 e. The van der Waals surface area contributed by atoms with Crippen molar-refractivity contribution in [1.82, 2.24) is 0 Å². The minimum absolute atomic E-state index is 0.310. The van der Waals surface area contributed by atoms with Crippen LogP contribution in [0.3, 0.4) is 0 Å². The fraction of sp³-hybridized carbons (Fsp3) is 0.400. The third kappa shape index (κ3) is 2.37. The van der Waals surface area contributed by atoms with Gasteiger partial charge >= 0.3 is 0 Å². The number of methoxy groups -OCH3 is 1. The molecule has 1 aromatic carbocycles. The predicted octanol–water partition coefficient (Wildman–Crippen LogP) is 1.48. The molecule has 0 bridgehead atoms. The van der Waals surface area contributed by atoms with Gasteiger partial charge in [0.25, 0.3) is 0 Å².